The predicted octanol–water partition coefficient (Wildman–Crippen LogP) is 2.88. The number of carbonyl (C=O) groups excluding carboxylic acids is 1. The van der Waals surface area contributed by atoms with E-state index in [1.54, 1.807) is 0 Å². The molecule has 0 saturated carbocycles. The van der Waals surface area contributed by atoms with E-state index in [4.69, 9.17) is 0 Å². The van der Waals surface area contributed by atoms with Crippen LogP contribution in [0.2, 0.25) is 0 Å². The van der Waals surface area contributed by atoms with E-state index < -0.39 is 0 Å². The van der Waals surface area contributed by atoms with E-state index in [2.05, 4.69) is 52.5 Å². The molecule has 1 N–H and O–H groups in total. The van der Waals surface area contributed by atoms with Gasteiger partial charge >= 0.3 is 6.03 Å². The SMILES string of the molecule is CN1CCC(CN(C)C(=O)NCC2CCN(Cc3ccccc3)CC2)CC1. The summed E-state index contributed by atoms with van der Waals surface area (Å²) in [6.07, 6.45) is 4.75. The van der Waals surface area contributed by atoms with Crippen molar-refractivity contribution in [3.05, 3.63) is 35.9 Å². The van der Waals surface area contributed by atoms with Crippen molar-refractivity contribution in [2.75, 3.05) is 53.4 Å². The summed E-state index contributed by atoms with van der Waals surface area (Å²) in [4.78, 5) is 19.2. The van der Waals surface area contributed by atoms with E-state index in [0.717, 1.165) is 45.8 Å². The number of piperidine rings is 2. The Morgan fingerprint density at radius 3 is 2.33 bits per heavy atom. The number of hydrogen-bond acceptors (Lipinski definition) is 3. The minimum atomic E-state index is 0.0978. The first-order valence-corrected chi connectivity index (χ1v) is 10.5. The van der Waals surface area contributed by atoms with Crippen LogP contribution in [0, 0.1) is 11.8 Å². The Labute approximate surface area is 164 Å². The zero-order valence-corrected chi connectivity index (χ0v) is 17.1. The third kappa shape index (κ3) is 6.51. The van der Waals surface area contributed by atoms with Gasteiger partial charge in [0, 0.05) is 26.7 Å². The molecule has 5 nitrogen and oxygen atoms in total. The van der Waals surface area contributed by atoms with Crippen molar-refractivity contribution in [1.82, 2.24) is 20.0 Å². The maximum absolute atomic E-state index is 12.4. The third-order valence-electron chi connectivity index (χ3n) is 6.22. The molecule has 2 heterocycles. The van der Waals surface area contributed by atoms with E-state index in [0.29, 0.717) is 11.8 Å². The van der Waals surface area contributed by atoms with Crippen LogP contribution in [-0.2, 0) is 6.54 Å². The van der Waals surface area contributed by atoms with E-state index in [1.165, 1.54) is 31.2 Å². The number of hydrogen-bond donors (Lipinski definition) is 1. The third-order valence-corrected chi connectivity index (χ3v) is 6.22. The molecule has 150 valence electrons. The maximum Gasteiger partial charge on any atom is 0.317 e. The lowest BCUT2D eigenvalue weighted by atomic mass is 9.96. The van der Waals surface area contributed by atoms with Crippen molar-refractivity contribution in [1.29, 1.82) is 0 Å². The summed E-state index contributed by atoms with van der Waals surface area (Å²) < 4.78 is 0. The molecule has 1 aromatic carbocycles. The normalized spacial score (nSPS) is 20.5. The molecule has 2 amide bonds. The number of amides is 2. The average molecular weight is 373 g/mol. The number of carbonyl (C=O) groups is 1. The Bertz CT molecular complexity index is 563. The summed E-state index contributed by atoms with van der Waals surface area (Å²) in [5, 5.41) is 3.17. The smallest absolute Gasteiger partial charge is 0.317 e. The molecule has 27 heavy (non-hydrogen) atoms. The monoisotopic (exact) mass is 372 g/mol. The molecule has 3 rings (SSSR count). The van der Waals surface area contributed by atoms with Gasteiger partial charge in [0.05, 0.1) is 0 Å². The van der Waals surface area contributed by atoms with Crippen LogP contribution in [0.3, 0.4) is 0 Å². The largest absolute Gasteiger partial charge is 0.338 e. The second-order valence-corrected chi connectivity index (χ2v) is 8.52. The second kappa shape index (κ2) is 10.1. The van der Waals surface area contributed by atoms with Gasteiger partial charge in [-0.05, 0) is 76.3 Å². The Kier molecular flexibility index (Phi) is 7.53. The van der Waals surface area contributed by atoms with Crippen LogP contribution in [0.1, 0.15) is 31.2 Å². The molecule has 2 aliphatic heterocycles. The molecule has 2 saturated heterocycles. The minimum absolute atomic E-state index is 0.0978. The lowest BCUT2D eigenvalue weighted by Crippen LogP contribution is -2.45. The minimum Gasteiger partial charge on any atom is -0.338 e. The molecule has 2 aliphatic rings. The average Bonchev–Trinajstić information content (AvgIpc) is 2.69. The molecular weight excluding hydrogens is 336 g/mol. The molecule has 0 aliphatic carbocycles. The zero-order chi connectivity index (χ0) is 19.1. The van der Waals surface area contributed by atoms with Crippen LogP contribution in [0.5, 0.6) is 0 Å². The number of rotatable bonds is 6. The van der Waals surface area contributed by atoms with E-state index in [9.17, 15) is 4.79 Å². The summed E-state index contributed by atoms with van der Waals surface area (Å²) in [5.41, 5.74) is 1.39. The topological polar surface area (TPSA) is 38.8 Å². The fraction of sp³-hybridized carbons (Fsp3) is 0.682. The Morgan fingerprint density at radius 2 is 1.67 bits per heavy atom. The Balaban J connectivity index is 1.31. The van der Waals surface area contributed by atoms with Crippen molar-refractivity contribution < 1.29 is 4.79 Å². The van der Waals surface area contributed by atoms with Gasteiger partial charge in [-0.15, -0.1) is 0 Å². The molecule has 5 heteroatoms. The molecular formula is C22H36N4O. The molecule has 1 aromatic rings. The van der Waals surface area contributed by atoms with Crippen LogP contribution in [0.25, 0.3) is 0 Å². The Hall–Kier alpha value is -1.59. The first-order valence-electron chi connectivity index (χ1n) is 10.5. The Morgan fingerprint density at radius 1 is 1.04 bits per heavy atom. The van der Waals surface area contributed by atoms with Crippen molar-refractivity contribution in [2.45, 2.75) is 32.2 Å². The van der Waals surface area contributed by atoms with E-state index in [-0.39, 0.29) is 6.03 Å². The van der Waals surface area contributed by atoms with E-state index in [1.807, 2.05) is 11.9 Å². The van der Waals surface area contributed by atoms with Gasteiger partial charge in [-0.1, -0.05) is 30.3 Å². The van der Waals surface area contributed by atoms with Gasteiger partial charge < -0.3 is 15.1 Å². The van der Waals surface area contributed by atoms with Crippen molar-refractivity contribution >= 4 is 6.03 Å². The van der Waals surface area contributed by atoms with E-state index >= 15 is 0 Å². The molecule has 0 unspecified atom stereocenters. The summed E-state index contributed by atoms with van der Waals surface area (Å²) in [7, 11) is 4.12. The van der Waals surface area contributed by atoms with Gasteiger partial charge in [0.2, 0.25) is 0 Å². The summed E-state index contributed by atoms with van der Waals surface area (Å²) in [5.74, 6) is 1.26. The molecule has 2 fully saturated rings. The molecule has 0 spiro atoms. The number of urea groups is 1. The highest BCUT2D eigenvalue weighted by atomic mass is 16.2. The van der Waals surface area contributed by atoms with Gasteiger partial charge in [0.15, 0.2) is 0 Å². The predicted molar refractivity (Wildman–Crippen MR) is 111 cm³/mol. The van der Waals surface area contributed by atoms with Crippen LogP contribution < -0.4 is 5.32 Å². The lowest BCUT2D eigenvalue weighted by molar-refractivity contribution is 0.160. The lowest BCUT2D eigenvalue weighted by Gasteiger charge is -2.33. The van der Waals surface area contributed by atoms with Gasteiger partial charge in [-0.25, -0.2) is 4.79 Å². The standard InChI is InChI=1S/C22H36N4O/c1-24-12-8-21(9-13-24)17-25(2)22(27)23-16-19-10-14-26(15-11-19)18-20-6-4-3-5-7-20/h3-7,19,21H,8-18H2,1-2H3,(H,23,27). The number of benzene rings is 1. The summed E-state index contributed by atoms with van der Waals surface area (Å²) in [6.45, 7) is 7.30. The zero-order valence-electron chi connectivity index (χ0n) is 17.1. The first kappa shape index (κ1) is 20.2. The highest BCUT2D eigenvalue weighted by Gasteiger charge is 2.22. The first-order chi connectivity index (χ1) is 13.1. The van der Waals surface area contributed by atoms with Crippen LogP contribution in [0.4, 0.5) is 4.79 Å². The second-order valence-electron chi connectivity index (χ2n) is 8.52. The highest BCUT2D eigenvalue weighted by molar-refractivity contribution is 5.73. The van der Waals surface area contributed by atoms with Crippen molar-refractivity contribution in [3.63, 3.8) is 0 Å². The van der Waals surface area contributed by atoms with Gasteiger partial charge in [-0.3, -0.25) is 4.90 Å². The number of nitrogens with one attached hydrogen (secondary N) is 1. The van der Waals surface area contributed by atoms with Gasteiger partial charge in [0.25, 0.3) is 0 Å². The van der Waals surface area contributed by atoms with Crippen LogP contribution in [0.15, 0.2) is 30.3 Å². The molecule has 0 bridgehead atoms. The quantitative estimate of drug-likeness (QED) is 0.835. The summed E-state index contributed by atoms with van der Waals surface area (Å²) >= 11 is 0. The molecule has 0 atom stereocenters. The maximum atomic E-state index is 12.4. The highest BCUT2D eigenvalue weighted by Crippen LogP contribution is 2.19. The van der Waals surface area contributed by atoms with Gasteiger partial charge in [0.1, 0.15) is 0 Å². The summed E-state index contributed by atoms with van der Waals surface area (Å²) in [6, 6.07) is 10.8. The fourth-order valence-electron chi connectivity index (χ4n) is 4.27. The fourth-order valence-corrected chi connectivity index (χ4v) is 4.27. The number of nitrogens with zero attached hydrogens (tertiary/aromatic N) is 3. The molecule has 0 radical (unpaired) electrons. The van der Waals surface area contributed by atoms with Crippen LogP contribution >= 0.6 is 0 Å². The molecule has 0 aromatic heterocycles. The van der Waals surface area contributed by atoms with Crippen molar-refractivity contribution in [3.8, 4) is 0 Å². The number of likely N-dealkylation sites (tertiary alicyclic amines) is 2. The van der Waals surface area contributed by atoms with Crippen molar-refractivity contribution in [2.24, 2.45) is 11.8 Å². The van der Waals surface area contributed by atoms with Crippen LogP contribution in [-0.4, -0.2) is 74.1 Å². The van der Waals surface area contributed by atoms with Gasteiger partial charge in [-0.2, -0.15) is 0 Å².